The Kier molecular flexibility index (Phi) is 5.13. The third-order valence-electron chi connectivity index (χ3n) is 4.48. The van der Waals surface area contributed by atoms with Gasteiger partial charge in [0, 0.05) is 16.6 Å². The van der Waals surface area contributed by atoms with Crippen molar-refractivity contribution in [2.75, 3.05) is 6.54 Å². The zero-order valence-electron chi connectivity index (χ0n) is 14.2. The Balaban J connectivity index is 1.68. The molecular formula is C20H19BrN2O2. The number of carbonyl (C=O) groups is 2. The van der Waals surface area contributed by atoms with Gasteiger partial charge in [0.05, 0.1) is 11.3 Å². The monoisotopic (exact) mass is 398 g/mol. The summed E-state index contributed by atoms with van der Waals surface area (Å²) in [5.74, 6) is -0.580. The van der Waals surface area contributed by atoms with Gasteiger partial charge in [-0.3, -0.25) is 9.59 Å². The van der Waals surface area contributed by atoms with E-state index < -0.39 is 0 Å². The van der Waals surface area contributed by atoms with E-state index in [9.17, 15) is 9.59 Å². The van der Waals surface area contributed by atoms with E-state index in [0.29, 0.717) is 18.5 Å². The third kappa shape index (κ3) is 3.87. The second kappa shape index (κ2) is 7.31. The quantitative estimate of drug-likeness (QED) is 0.859. The van der Waals surface area contributed by atoms with Crippen molar-refractivity contribution in [3.05, 3.63) is 68.1 Å². The van der Waals surface area contributed by atoms with Crippen LogP contribution in [0.1, 0.15) is 27.9 Å². The number of amides is 2. The highest BCUT2D eigenvalue weighted by Gasteiger charge is 2.19. The van der Waals surface area contributed by atoms with E-state index in [1.54, 1.807) is 12.1 Å². The van der Waals surface area contributed by atoms with Crippen LogP contribution >= 0.6 is 15.9 Å². The van der Waals surface area contributed by atoms with Crippen molar-refractivity contribution in [2.24, 2.45) is 10.9 Å². The molecular weight excluding hydrogens is 380 g/mol. The lowest BCUT2D eigenvalue weighted by Gasteiger charge is -2.14. The average Bonchev–Trinajstić information content (AvgIpc) is 2.59. The van der Waals surface area contributed by atoms with Crippen LogP contribution in [0.4, 0.5) is 0 Å². The fraction of sp³-hybridized carbons (Fsp3) is 0.250. The van der Waals surface area contributed by atoms with Crippen molar-refractivity contribution >= 4 is 33.8 Å². The van der Waals surface area contributed by atoms with Crippen molar-refractivity contribution < 1.29 is 9.59 Å². The molecule has 0 aliphatic carbocycles. The highest BCUT2D eigenvalue weighted by atomic mass is 79.9. The topological polar surface area (TPSA) is 58.5 Å². The molecule has 0 spiro atoms. The van der Waals surface area contributed by atoms with Crippen LogP contribution in [0.2, 0.25) is 0 Å². The minimum atomic E-state index is -0.294. The van der Waals surface area contributed by atoms with Gasteiger partial charge in [-0.15, -0.1) is 0 Å². The van der Waals surface area contributed by atoms with Gasteiger partial charge in [-0.2, -0.15) is 0 Å². The summed E-state index contributed by atoms with van der Waals surface area (Å²) in [5, 5.41) is 4.63. The first-order chi connectivity index (χ1) is 12.0. The van der Waals surface area contributed by atoms with Gasteiger partial charge in [0.2, 0.25) is 0 Å². The second-order valence-electron chi connectivity index (χ2n) is 6.22. The Morgan fingerprint density at radius 3 is 2.80 bits per heavy atom. The first-order valence-corrected chi connectivity index (χ1v) is 8.99. The summed E-state index contributed by atoms with van der Waals surface area (Å²) in [5.41, 5.74) is 2.77. The third-order valence-corrected chi connectivity index (χ3v) is 4.97. The Bertz CT molecular complexity index is 966. The molecule has 0 saturated heterocycles. The molecule has 1 aliphatic rings. The molecule has 1 heterocycles. The van der Waals surface area contributed by atoms with Crippen molar-refractivity contribution in [3.8, 4) is 0 Å². The van der Waals surface area contributed by atoms with E-state index >= 15 is 0 Å². The lowest BCUT2D eigenvalue weighted by Crippen LogP contribution is -2.37. The number of nitrogens with zero attached hydrogens (tertiary/aromatic N) is 1. The average molecular weight is 399 g/mol. The van der Waals surface area contributed by atoms with Crippen molar-refractivity contribution in [1.82, 2.24) is 5.32 Å². The molecule has 3 rings (SSSR count). The minimum absolute atomic E-state index is 0.141. The number of hydrogen-bond acceptors (Lipinski definition) is 2. The Labute approximate surface area is 154 Å². The summed E-state index contributed by atoms with van der Waals surface area (Å²) >= 11 is 3.35. The summed E-state index contributed by atoms with van der Waals surface area (Å²) < 4.78 is 0.858. The van der Waals surface area contributed by atoms with Crippen LogP contribution in [-0.4, -0.2) is 18.4 Å². The lowest BCUT2D eigenvalue weighted by molar-refractivity contribution is -0.120. The number of benzene rings is 2. The standard InChI is InChI=1S/C20H19BrN2O2/c1-12-6-7-14-10-16(20(25)23-18(14)13(12)2)8-9-22-19(24)15-4-3-5-17(21)11-15/h3-7,10-11,16H,8-9H2,1-2H3,(H,22,24). The second-order valence-corrected chi connectivity index (χ2v) is 7.14. The van der Waals surface area contributed by atoms with E-state index in [1.807, 2.05) is 44.2 Å². The van der Waals surface area contributed by atoms with E-state index in [0.717, 1.165) is 26.2 Å². The molecule has 2 aromatic carbocycles. The first-order valence-electron chi connectivity index (χ1n) is 8.20. The fourth-order valence-corrected chi connectivity index (χ4v) is 3.27. The molecule has 0 bridgehead atoms. The summed E-state index contributed by atoms with van der Waals surface area (Å²) in [6.07, 6.45) is 2.50. The van der Waals surface area contributed by atoms with Gasteiger partial charge < -0.3 is 5.32 Å². The molecule has 0 saturated carbocycles. The van der Waals surface area contributed by atoms with Gasteiger partial charge in [0.25, 0.3) is 11.8 Å². The van der Waals surface area contributed by atoms with Crippen LogP contribution in [-0.2, 0) is 4.79 Å². The predicted molar refractivity (Wildman–Crippen MR) is 101 cm³/mol. The van der Waals surface area contributed by atoms with E-state index in [1.165, 1.54) is 0 Å². The number of aryl methyl sites for hydroxylation is 1. The Morgan fingerprint density at radius 1 is 1.24 bits per heavy atom. The molecule has 2 aromatic rings. The number of fused-ring (bicyclic) bond motifs is 1. The molecule has 1 unspecified atom stereocenters. The minimum Gasteiger partial charge on any atom is -0.352 e. The van der Waals surface area contributed by atoms with Gasteiger partial charge in [0.15, 0.2) is 0 Å². The summed E-state index contributed by atoms with van der Waals surface area (Å²) in [6, 6.07) is 11.3. The highest BCUT2D eigenvalue weighted by molar-refractivity contribution is 9.10. The molecule has 1 atom stereocenters. The van der Waals surface area contributed by atoms with Crippen LogP contribution < -0.4 is 15.9 Å². The Morgan fingerprint density at radius 2 is 2.04 bits per heavy atom. The number of nitrogens with one attached hydrogen (secondary N) is 1. The summed E-state index contributed by atoms with van der Waals surface area (Å²) in [7, 11) is 0. The maximum atomic E-state index is 12.3. The SMILES string of the molecule is Cc1ccc2c(c1C)=NC(=O)C(CCNC(=O)c1cccc(Br)c1)C=2. The van der Waals surface area contributed by atoms with E-state index in [-0.39, 0.29) is 17.7 Å². The van der Waals surface area contributed by atoms with Crippen LogP contribution in [0.5, 0.6) is 0 Å². The smallest absolute Gasteiger partial charge is 0.253 e. The van der Waals surface area contributed by atoms with Crippen LogP contribution in [0.25, 0.3) is 6.08 Å². The highest BCUT2D eigenvalue weighted by Crippen LogP contribution is 2.12. The van der Waals surface area contributed by atoms with Crippen LogP contribution in [0, 0.1) is 19.8 Å². The number of hydrogen-bond donors (Lipinski definition) is 1. The molecule has 25 heavy (non-hydrogen) atoms. The molecule has 1 aliphatic heterocycles. The molecule has 1 N–H and O–H groups in total. The molecule has 0 radical (unpaired) electrons. The van der Waals surface area contributed by atoms with Gasteiger partial charge >= 0.3 is 0 Å². The summed E-state index contributed by atoms with van der Waals surface area (Å²) in [6.45, 7) is 4.42. The molecule has 5 heteroatoms. The number of carbonyl (C=O) groups excluding carboxylic acids is 2. The maximum absolute atomic E-state index is 12.3. The Hall–Kier alpha value is -2.27. The van der Waals surface area contributed by atoms with Crippen molar-refractivity contribution in [3.63, 3.8) is 0 Å². The van der Waals surface area contributed by atoms with E-state index in [2.05, 4.69) is 26.2 Å². The maximum Gasteiger partial charge on any atom is 0.253 e. The van der Waals surface area contributed by atoms with Crippen molar-refractivity contribution in [1.29, 1.82) is 0 Å². The normalized spacial score (nSPS) is 15.8. The predicted octanol–water partition coefficient (Wildman–Crippen LogP) is 2.44. The molecule has 2 amide bonds. The molecule has 0 fully saturated rings. The molecule has 0 aromatic heterocycles. The van der Waals surface area contributed by atoms with Gasteiger partial charge in [-0.05, 0) is 54.8 Å². The lowest BCUT2D eigenvalue weighted by atomic mass is 9.98. The largest absolute Gasteiger partial charge is 0.352 e. The molecule has 128 valence electrons. The van der Waals surface area contributed by atoms with E-state index in [4.69, 9.17) is 0 Å². The zero-order chi connectivity index (χ0) is 18.0. The zero-order valence-corrected chi connectivity index (χ0v) is 15.8. The van der Waals surface area contributed by atoms with Crippen LogP contribution in [0.3, 0.4) is 0 Å². The molecule has 4 nitrogen and oxygen atoms in total. The number of rotatable bonds is 4. The van der Waals surface area contributed by atoms with Gasteiger partial charge in [0.1, 0.15) is 0 Å². The summed E-state index contributed by atoms with van der Waals surface area (Å²) in [4.78, 5) is 28.7. The van der Waals surface area contributed by atoms with Crippen LogP contribution in [0.15, 0.2) is 45.9 Å². The number of halogens is 1. The fourth-order valence-electron chi connectivity index (χ4n) is 2.87. The van der Waals surface area contributed by atoms with Gasteiger partial charge in [-0.25, -0.2) is 4.99 Å². The van der Waals surface area contributed by atoms with Gasteiger partial charge in [-0.1, -0.05) is 40.2 Å². The van der Waals surface area contributed by atoms with Crippen molar-refractivity contribution in [2.45, 2.75) is 20.3 Å². The first kappa shape index (κ1) is 17.5.